The van der Waals surface area contributed by atoms with Crippen LogP contribution in [0.3, 0.4) is 0 Å². The average molecular weight is 727 g/mol. The molecule has 6 rings (SSSR count). The van der Waals surface area contributed by atoms with E-state index < -0.39 is 12.2 Å². The lowest BCUT2D eigenvalue weighted by molar-refractivity contribution is -0.142. The molecule has 11 nitrogen and oxygen atoms in total. The largest absolute Gasteiger partial charge is 0.507 e. The Kier molecular flexibility index (Phi) is 11.4. The number of halogens is 1. The van der Waals surface area contributed by atoms with E-state index in [1.165, 1.54) is 0 Å². The van der Waals surface area contributed by atoms with E-state index in [0.29, 0.717) is 61.9 Å². The van der Waals surface area contributed by atoms with Crippen molar-refractivity contribution in [2.24, 2.45) is 11.8 Å². The number of carbonyl (C=O) groups is 3. The number of aromatic hydroxyl groups is 1. The van der Waals surface area contributed by atoms with Crippen molar-refractivity contribution in [3.8, 4) is 5.75 Å². The van der Waals surface area contributed by atoms with Crippen LogP contribution in [0, 0.1) is 11.8 Å². The lowest BCUT2D eigenvalue weighted by Gasteiger charge is -2.41. The Morgan fingerprint density at radius 3 is 2.25 bits per heavy atom. The number of hydrogen-bond donors (Lipinski definition) is 3. The quantitative estimate of drug-likeness (QED) is 0.360. The fraction of sp³-hybridized carbons (Fsp3) is 0.583. The molecule has 4 aliphatic heterocycles. The molecule has 2 aromatic carbocycles. The Balaban J connectivity index is 1.05. The van der Waals surface area contributed by atoms with Crippen LogP contribution in [0.25, 0.3) is 0 Å². The number of phenolic OH excluding ortho intramolecular Hbond substituents is 1. The van der Waals surface area contributed by atoms with E-state index in [1.807, 2.05) is 34.1 Å². The average Bonchev–Trinajstić information content (AvgIpc) is 3.28. The number of hydrogen-bond acceptors (Lipinski definition) is 7. The number of piperidine rings is 3. The monoisotopic (exact) mass is 725 g/mol. The number of aliphatic hydroxyl groups is 1. The summed E-state index contributed by atoms with van der Waals surface area (Å²) in [6.45, 7) is 5.74. The highest BCUT2D eigenvalue weighted by molar-refractivity contribution is 9.10. The molecule has 260 valence electrons. The third-order valence-corrected chi connectivity index (χ3v) is 11.5. The van der Waals surface area contributed by atoms with E-state index in [0.717, 1.165) is 68.6 Å². The molecule has 2 aromatic rings. The molecular formula is C36H48BrN5O6. The first-order chi connectivity index (χ1) is 23.3. The Bertz CT molecular complexity index is 1440. The molecule has 3 fully saturated rings. The molecule has 4 amide bonds. The maximum atomic E-state index is 14.0. The minimum absolute atomic E-state index is 0.0124. The van der Waals surface area contributed by atoms with Crippen LogP contribution in [0.2, 0.25) is 0 Å². The summed E-state index contributed by atoms with van der Waals surface area (Å²) in [4.78, 5) is 48.3. The third-order valence-electron chi connectivity index (χ3n) is 10.8. The molecule has 0 bridgehead atoms. The summed E-state index contributed by atoms with van der Waals surface area (Å²) in [5.74, 6) is 1.13. The van der Waals surface area contributed by atoms with E-state index in [-0.39, 0.29) is 36.8 Å². The molecule has 4 aliphatic rings. The zero-order valence-electron chi connectivity index (χ0n) is 27.6. The van der Waals surface area contributed by atoms with Gasteiger partial charge in [0.2, 0.25) is 0 Å². The van der Waals surface area contributed by atoms with Gasteiger partial charge < -0.3 is 39.9 Å². The number of carbonyl (C=O) groups excluding carboxylic acids is 3. The van der Waals surface area contributed by atoms with Gasteiger partial charge in [-0.2, -0.15) is 0 Å². The second-order valence-electron chi connectivity index (χ2n) is 13.7. The molecule has 0 spiro atoms. The number of nitrogens with zero attached hydrogens (tertiary/aromatic N) is 4. The van der Waals surface area contributed by atoms with Crippen molar-refractivity contribution in [1.29, 1.82) is 0 Å². The van der Waals surface area contributed by atoms with Crippen LogP contribution in [0.4, 0.5) is 15.3 Å². The van der Waals surface area contributed by atoms with Crippen LogP contribution >= 0.6 is 15.9 Å². The summed E-state index contributed by atoms with van der Waals surface area (Å²) < 4.78 is 6.54. The second-order valence-corrected chi connectivity index (χ2v) is 14.5. The number of phenols is 1. The minimum atomic E-state index is -0.986. The lowest BCUT2D eigenvalue weighted by Crippen LogP contribution is -2.52. The minimum Gasteiger partial charge on any atom is -0.507 e. The standard InChI is InChI=1S/C36H48BrN5O6/c37-30-23-25(5-6-32(30)44)24-33(34(45)40-16-9-27(10-17-40)26-7-14-39(15-8-26)21-22-43)48-36(47)41-18-12-29(13-19-41)42-20-11-28-3-1-2-4-31(28)38-35(42)46/h1-6,23,26-27,29,33,43-44H,7-22,24H2,(H,38,46)/t33-/m1/s1. The Morgan fingerprint density at radius 2 is 1.56 bits per heavy atom. The maximum absolute atomic E-state index is 14.0. The number of β-amino-alcohol motifs (C(OH)–C–C–N with tert-alkyl or cyclic N) is 1. The molecule has 0 aliphatic carbocycles. The van der Waals surface area contributed by atoms with Gasteiger partial charge in [-0.05, 0) is 115 Å². The molecule has 0 radical (unpaired) electrons. The predicted octanol–water partition coefficient (Wildman–Crippen LogP) is 4.70. The first-order valence-electron chi connectivity index (χ1n) is 17.5. The number of aliphatic hydroxyl groups excluding tert-OH is 1. The van der Waals surface area contributed by atoms with Gasteiger partial charge in [0.25, 0.3) is 5.91 Å². The first kappa shape index (κ1) is 34.5. The number of anilines is 1. The Hall–Kier alpha value is -3.35. The van der Waals surface area contributed by atoms with Crippen molar-refractivity contribution in [2.45, 2.75) is 63.5 Å². The summed E-state index contributed by atoms with van der Waals surface area (Å²) in [6, 6.07) is 12.9. The zero-order chi connectivity index (χ0) is 33.6. The number of ether oxygens (including phenoxy) is 1. The number of nitrogens with one attached hydrogen (secondary N) is 1. The van der Waals surface area contributed by atoms with Crippen molar-refractivity contribution in [3.05, 3.63) is 58.1 Å². The number of rotatable bonds is 8. The number of fused-ring (bicyclic) bond motifs is 1. The van der Waals surface area contributed by atoms with Crippen LogP contribution < -0.4 is 5.32 Å². The first-order valence-corrected chi connectivity index (χ1v) is 18.3. The van der Waals surface area contributed by atoms with E-state index >= 15 is 0 Å². The van der Waals surface area contributed by atoms with Crippen molar-refractivity contribution in [2.75, 3.05) is 64.3 Å². The summed E-state index contributed by atoms with van der Waals surface area (Å²) in [5, 5.41) is 22.3. The molecule has 1 atom stereocenters. The number of urea groups is 1. The molecule has 3 N–H and O–H groups in total. The normalized spacial score (nSPS) is 21.0. The highest BCUT2D eigenvalue weighted by Gasteiger charge is 2.37. The fourth-order valence-corrected chi connectivity index (χ4v) is 8.38. The summed E-state index contributed by atoms with van der Waals surface area (Å²) in [5.41, 5.74) is 2.75. The molecule has 48 heavy (non-hydrogen) atoms. The fourth-order valence-electron chi connectivity index (χ4n) is 7.95. The van der Waals surface area contributed by atoms with Gasteiger partial charge in [0, 0.05) is 57.4 Å². The van der Waals surface area contributed by atoms with Gasteiger partial charge in [-0.15, -0.1) is 0 Å². The van der Waals surface area contributed by atoms with Gasteiger partial charge in [-0.25, -0.2) is 9.59 Å². The van der Waals surface area contributed by atoms with Crippen LogP contribution in [-0.2, 0) is 22.4 Å². The molecule has 4 heterocycles. The number of likely N-dealkylation sites (tertiary alicyclic amines) is 3. The topological polar surface area (TPSA) is 126 Å². The molecule has 0 saturated carbocycles. The van der Waals surface area contributed by atoms with E-state index in [9.17, 15) is 24.6 Å². The van der Waals surface area contributed by atoms with Crippen LogP contribution in [0.5, 0.6) is 5.75 Å². The number of para-hydroxylation sites is 1. The van der Waals surface area contributed by atoms with Crippen LogP contribution in [0.15, 0.2) is 46.9 Å². The summed E-state index contributed by atoms with van der Waals surface area (Å²) in [6.07, 6.45) is 4.87. The summed E-state index contributed by atoms with van der Waals surface area (Å²) in [7, 11) is 0. The van der Waals surface area contributed by atoms with Gasteiger partial charge in [-0.3, -0.25) is 4.79 Å². The molecular weight excluding hydrogens is 678 g/mol. The smallest absolute Gasteiger partial charge is 0.410 e. The van der Waals surface area contributed by atoms with Gasteiger partial charge in [-0.1, -0.05) is 24.3 Å². The Morgan fingerprint density at radius 1 is 0.896 bits per heavy atom. The van der Waals surface area contributed by atoms with Crippen LogP contribution in [-0.4, -0.2) is 119 Å². The molecule has 0 unspecified atom stereocenters. The lowest BCUT2D eigenvalue weighted by atomic mass is 9.78. The van der Waals surface area contributed by atoms with E-state index in [1.54, 1.807) is 23.1 Å². The Labute approximate surface area is 291 Å². The van der Waals surface area contributed by atoms with Gasteiger partial charge in [0.05, 0.1) is 11.1 Å². The highest BCUT2D eigenvalue weighted by Crippen LogP contribution is 2.33. The number of benzene rings is 2. The molecule has 0 aromatic heterocycles. The van der Waals surface area contributed by atoms with Crippen molar-refractivity contribution >= 4 is 39.6 Å². The predicted molar refractivity (Wildman–Crippen MR) is 186 cm³/mol. The van der Waals surface area contributed by atoms with Crippen molar-refractivity contribution in [3.63, 3.8) is 0 Å². The second kappa shape index (κ2) is 15.9. The summed E-state index contributed by atoms with van der Waals surface area (Å²) >= 11 is 3.37. The van der Waals surface area contributed by atoms with Crippen molar-refractivity contribution < 1.29 is 29.3 Å². The molecule has 3 saturated heterocycles. The zero-order valence-corrected chi connectivity index (χ0v) is 29.2. The third kappa shape index (κ3) is 8.26. The molecule has 12 heteroatoms. The van der Waals surface area contributed by atoms with E-state index in [4.69, 9.17) is 4.74 Å². The number of amides is 4. The van der Waals surface area contributed by atoms with Gasteiger partial charge >= 0.3 is 12.1 Å². The maximum Gasteiger partial charge on any atom is 0.410 e. The van der Waals surface area contributed by atoms with Gasteiger partial charge in [0.15, 0.2) is 6.10 Å². The highest BCUT2D eigenvalue weighted by atomic mass is 79.9. The van der Waals surface area contributed by atoms with Gasteiger partial charge in [0.1, 0.15) is 5.75 Å². The SMILES string of the molecule is O=C(O[C@H](Cc1ccc(O)c(Br)c1)C(=O)N1CCC(C2CCN(CCO)CC2)CC1)N1CCC(N2CCc3ccccc3NC2=O)CC1. The van der Waals surface area contributed by atoms with E-state index in [2.05, 4.69) is 26.1 Å². The van der Waals surface area contributed by atoms with Crippen molar-refractivity contribution in [1.82, 2.24) is 19.6 Å². The van der Waals surface area contributed by atoms with Crippen LogP contribution in [0.1, 0.15) is 49.7 Å².